The molecule has 0 aliphatic rings. The van der Waals surface area contributed by atoms with Crippen LogP contribution in [0.2, 0.25) is 10.3 Å². The molecule has 0 atom stereocenters. The molecule has 0 unspecified atom stereocenters. The molecule has 1 amide bonds. The number of benzene rings is 2. The van der Waals surface area contributed by atoms with Gasteiger partial charge in [0.1, 0.15) is 5.02 Å². The minimum atomic E-state index is -0.189. The normalized spacial score (nSPS) is 10.3. The third-order valence-electron chi connectivity index (χ3n) is 3.54. The summed E-state index contributed by atoms with van der Waals surface area (Å²) in [6, 6.07) is 14.0. The third kappa shape index (κ3) is 5.30. The van der Waals surface area contributed by atoms with E-state index in [0.717, 1.165) is 5.56 Å². The Bertz CT molecular complexity index is 968. The van der Waals surface area contributed by atoms with Gasteiger partial charge in [-0.1, -0.05) is 29.8 Å². The van der Waals surface area contributed by atoms with Crippen molar-refractivity contribution in [3.8, 4) is 0 Å². The maximum absolute atomic E-state index is 12.3. The number of anilines is 4. The molecule has 0 fully saturated rings. The van der Waals surface area contributed by atoms with Crippen LogP contribution in [0, 0.1) is 0 Å². The number of aromatic nitrogens is 2. The van der Waals surface area contributed by atoms with E-state index in [-0.39, 0.29) is 17.6 Å². The number of rotatable bonds is 6. The second kappa shape index (κ2) is 8.68. The van der Waals surface area contributed by atoms with E-state index >= 15 is 0 Å². The number of carbonyl (C=O) groups excluding carboxylic acids is 1. The van der Waals surface area contributed by atoms with E-state index in [2.05, 4.69) is 26.1 Å². The summed E-state index contributed by atoms with van der Waals surface area (Å²) >= 11 is 11.8. The fraction of sp³-hybridized carbons (Fsp3) is 0.0556. The minimum absolute atomic E-state index is 0.0750. The van der Waals surface area contributed by atoms with Crippen molar-refractivity contribution < 1.29 is 10.0 Å². The summed E-state index contributed by atoms with van der Waals surface area (Å²) in [6.45, 7) is 0. The molecular formula is C18H15Cl2N5O2. The standard InChI is InChI=1S/C18H15Cl2N5O2/c19-15-10-21-18(20)24-17(15)23-13-5-2-4-12(9-13)22-16(26)8-11-3-1-6-14(7-11)25-27/h1-7,9-10,25,27H,8H2,(H,22,26)(H,21,23,24). The van der Waals surface area contributed by atoms with Gasteiger partial charge < -0.3 is 10.6 Å². The van der Waals surface area contributed by atoms with Crippen molar-refractivity contribution >= 4 is 52.0 Å². The van der Waals surface area contributed by atoms with Crippen molar-refractivity contribution in [3.05, 3.63) is 70.6 Å². The van der Waals surface area contributed by atoms with Crippen molar-refractivity contribution in [2.24, 2.45) is 0 Å². The number of hydrogen-bond donors (Lipinski definition) is 4. The van der Waals surface area contributed by atoms with E-state index in [9.17, 15) is 4.79 Å². The molecule has 27 heavy (non-hydrogen) atoms. The van der Waals surface area contributed by atoms with Crippen LogP contribution in [-0.2, 0) is 11.2 Å². The maximum atomic E-state index is 12.3. The maximum Gasteiger partial charge on any atom is 0.228 e. The SMILES string of the molecule is O=C(Cc1cccc(NO)c1)Nc1cccc(Nc2nc(Cl)ncc2Cl)c1. The summed E-state index contributed by atoms with van der Waals surface area (Å²) in [5.41, 5.74) is 4.63. The number of hydrogen-bond acceptors (Lipinski definition) is 6. The third-order valence-corrected chi connectivity index (χ3v) is 4.00. The smallest absolute Gasteiger partial charge is 0.228 e. The molecule has 1 aromatic heterocycles. The fourth-order valence-electron chi connectivity index (χ4n) is 2.39. The second-order valence-corrected chi connectivity index (χ2v) is 6.32. The number of nitrogens with one attached hydrogen (secondary N) is 3. The summed E-state index contributed by atoms with van der Waals surface area (Å²) in [4.78, 5) is 20.1. The predicted molar refractivity (Wildman–Crippen MR) is 106 cm³/mol. The molecule has 7 nitrogen and oxygen atoms in total. The Hall–Kier alpha value is -2.87. The van der Waals surface area contributed by atoms with Crippen molar-refractivity contribution in [1.82, 2.24) is 9.97 Å². The molecule has 0 saturated heterocycles. The lowest BCUT2D eigenvalue weighted by atomic mass is 10.1. The Morgan fingerprint density at radius 1 is 1.04 bits per heavy atom. The lowest BCUT2D eigenvalue weighted by molar-refractivity contribution is -0.115. The van der Waals surface area contributed by atoms with E-state index in [4.69, 9.17) is 28.4 Å². The van der Waals surface area contributed by atoms with Gasteiger partial charge >= 0.3 is 0 Å². The summed E-state index contributed by atoms with van der Waals surface area (Å²) in [6.07, 6.45) is 1.57. The Labute approximate surface area is 165 Å². The Balaban J connectivity index is 1.68. The number of nitrogens with zero attached hydrogens (tertiary/aromatic N) is 2. The fourth-order valence-corrected chi connectivity index (χ4v) is 2.66. The summed E-state index contributed by atoms with van der Waals surface area (Å²) in [5.74, 6) is 0.179. The second-order valence-electron chi connectivity index (χ2n) is 5.58. The summed E-state index contributed by atoms with van der Waals surface area (Å²) < 4.78 is 0. The molecule has 0 bridgehead atoms. The molecule has 0 aliphatic carbocycles. The first-order valence-corrected chi connectivity index (χ1v) is 8.63. The number of carbonyl (C=O) groups is 1. The van der Waals surface area contributed by atoms with Gasteiger partial charge in [0, 0.05) is 11.4 Å². The van der Waals surface area contributed by atoms with Gasteiger partial charge in [-0.2, -0.15) is 4.98 Å². The highest BCUT2D eigenvalue weighted by Crippen LogP contribution is 2.25. The van der Waals surface area contributed by atoms with Crippen LogP contribution in [0.15, 0.2) is 54.7 Å². The van der Waals surface area contributed by atoms with Crippen molar-refractivity contribution in [2.45, 2.75) is 6.42 Å². The topological polar surface area (TPSA) is 99.2 Å². The molecule has 9 heteroatoms. The van der Waals surface area contributed by atoms with Crippen molar-refractivity contribution in [1.29, 1.82) is 0 Å². The first-order valence-electron chi connectivity index (χ1n) is 7.87. The van der Waals surface area contributed by atoms with Crippen LogP contribution < -0.4 is 16.1 Å². The van der Waals surface area contributed by atoms with Crippen LogP contribution in [0.5, 0.6) is 0 Å². The molecule has 1 heterocycles. The number of amides is 1. The predicted octanol–water partition coefficient (Wildman–Crippen LogP) is 4.51. The first kappa shape index (κ1) is 18.9. The summed E-state index contributed by atoms with van der Waals surface area (Å²) in [5, 5.41) is 15.2. The van der Waals surface area contributed by atoms with Crippen LogP contribution in [0.1, 0.15) is 5.56 Å². The highest BCUT2D eigenvalue weighted by atomic mass is 35.5. The molecule has 4 N–H and O–H groups in total. The first-order chi connectivity index (χ1) is 13.0. The van der Waals surface area contributed by atoms with Gasteiger partial charge in [-0.15, -0.1) is 0 Å². The monoisotopic (exact) mass is 403 g/mol. The minimum Gasteiger partial charge on any atom is -0.339 e. The molecule has 0 spiro atoms. The zero-order valence-electron chi connectivity index (χ0n) is 13.9. The molecule has 138 valence electrons. The molecule has 0 saturated carbocycles. The Morgan fingerprint density at radius 3 is 2.59 bits per heavy atom. The lowest BCUT2D eigenvalue weighted by Crippen LogP contribution is -2.14. The Morgan fingerprint density at radius 2 is 1.78 bits per heavy atom. The molecule has 2 aromatic carbocycles. The van der Waals surface area contributed by atoms with E-state index in [0.29, 0.717) is 27.9 Å². The van der Waals surface area contributed by atoms with Gasteiger partial charge in [0.05, 0.1) is 18.3 Å². The molecular weight excluding hydrogens is 389 g/mol. The lowest BCUT2D eigenvalue weighted by Gasteiger charge is -2.10. The largest absolute Gasteiger partial charge is 0.339 e. The average Bonchev–Trinajstić information content (AvgIpc) is 2.65. The average molecular weight is 404 g/mol. The van der Waals surface area contributed by atoms with Crippen LogP contribution in [0.4, 0.5) is 22.9 Å². The highest BCUT2D eigenvalue weighted by Gasteiger charge is 2.08. The van der Waals surface area contributed by atoms with Crippen LogP contribution in [0.3, 0.4) is 0 Å². The Kier molecular flexibility index (Phi) is 6.08. The van der Waals surface area contributed by atoms with Crippen molar-refractivity contribution in [3.63, 3.8) is 0 Å². The van der Waals surface area contributed by atoms with Gasteiger partial charge in [-0.25, -0.2) is 4.98 Å². The molecule has 0 radical (unpaired) electrons. The van der Waals surface area contributed by atoms with Gasteiger partial charge in [0.15, 0.2) is 5.82 Å². The zero-order valence-corrected chi connectivity index (χ0v) is 15.4. The van der Waals surface area contributed by atoms with Gasteiger partial charge in [-0.05, 0) is 47.5 Å². The van der Waals surface area contributed by atoms with Crippen molar-refractivity contribution in [2.75, 3.05) is 16.1 Å². The zero-order chi connectivity index (χ0) is 19.2. The molecule has 3 aromatic rings. The van der Waals surface area contributed by atoms with Crippen LogP contribution >= 0.6 is 23.2 Å². The van der Waals surface area contributed by atoms with E-state index < -0.39 is 0 Å². The molecule has 3 rings (SSSR count). The van der Waals surface area contributed by atoms with E-state index in [1.54, 1.807) is 48.5 Å². The number of halogens is 2. The van der Waals surface area contributed by atoms with Crippen LogP contribution in [-0.4, -0.2) is 21.1 Å². The van der Waals surface area contributed by atoms with E-state index in [1.165, 1.54) is 6.20 Å². The van der Waals surface area contributed by atoms with Gasteiger partial charge in [0.25, 0.3) is 0 Å². The van der Waals surface area contributed by atoms with Gasteiger partial charge in [-0.3, -0.25) is 15.5 Å². The highest BCUT2D eigenvalue weighted by molar-refractivity contribution is 6.33. The van der Waals surface area contributed by atoms with E-state index in [1.807, 2.05) is 0 Å². The molecule has 0 aliphatic heterocycles. The summed E-state index contributed by atoms with van der Waals surface area (Å²) in [7, 11) is 0. The van der Waals surface area contributed by atoms with Crippen LogP contribution in [0.25, 0.3) is 0 Å². The van der Waals surface area contributed by atoms with Gasteiger partial charge in [0.2, 0.25) is 11.2 Å². The quantitative estimate of drug-likeness (QED) is 0.357.